The molecule has 1 N–H and O–H groups in total. The predicted octanol–water partition coefficient (Wildman–Crippen LogP) is 7.24. The molecular weight excluding hydrogens is 483 g/mol. The summed E-state index contributed by atoms with van der Waals surface area (Å²) in [6, 6.07) is 30.2. The molecule has 0 fully saturated rings. The summed E-state index contributed by atoms with van der Waals surface area (Å²) in [6.07, 6.45) is 0.723. The lowest BCUT2D eigenvalue weighted by atomic mass is 10.1. The zero-order valence-electron chi connectivity index (χ0n) is 21.1. The molecule has 0 aliphatic rings. The average molecular weight is 515 g/mol. The van der Waals surface area contributed by atoms with Crippen molar-refractivity contribution in [3.8, 4) is 11.5 Å². The number of nitrogens with zero attached hydrogens (tertiary/aromatic N) is 2. The Morgan fingerprint density at radius 2 is 1.65 bits per heavy atom. The fourth-order valence-electron chi connectivity index (χ4n) is 3.97. The molecule has 0 spiro atoms. The van der Waals surface area contributed by atoms with Crippen LogP contribution >= 0.6 is 11.8 Å². The fourth-order valence-corrected chi connectivity index (χ4v) is 4.92. The third kappa shape index (κ3) is 8.12. The number of aromatic hydroxyl groups is 1. The second-order valence-electron chi connectivity index (χ2n) is 8.84. The van der Waals surface area contributed by atoms with Gasteiger partial charge in [0.1, 0.15) is 17.3 Å². The highest BCUT2D eigenvalue weighted by Crippen LogP contribution is 2.27. The summed E-state index contributed by atoms with van der Waals surface area (Å²) in [4.78, 5) is 8.31. The van der Waals surface area contributed by atoms with Crippen molar-refractivity contribution >= 4 is 16.9 Å². The van der Waals surface area contributed by atoms with Crippen molar-refractivity contribution in [2.75, 3.05) is 13.7 Å². The predicted molar refractivity (Wildman–Crippen MR) is 150 cm³/mol. The largest absolute Gasteiger partial charge is 0.508 e. The zero-order chi connectivity index (χ0) is 26.0. The van der Waals surface area contributed by atoms with E-state index in [0.717, 1.165) is 38.9 Å². The lowest BCUT2D eigenvalue weighted by Crippen LogP contribution is -2.31. The van der Waals surface area contributed by atoms with Crippen LogP contribution < -0.4 is 4.74 Å². The van der Waals surface area contributed by atoms with Gasteiger partial charge in [0.25, 0.3) is 0 Å². The number of thioether (sulfide) groups is 1. The van der Waals surface area contributed by atoms with E-state index in [1.807, 2.05) is 54.6 Å². The van der Waals surface area contributed by atoms with E-state index in [4.69, 9.17) is 9.73 Å². The number of aryl methyl sites for hydroxylation is 1. The van der Waals surface area contributed by atoms with Gasteiger partial charge in [-0.15, -0.1) is 0 Å². The maximum Gasteiger partial charge on any atom is 0.164 e. The molecule has 4 nitrogen and oxygen atoms in total. The molecule has 6 heteroatoms. The van der Waals surface area contributed by atoms with Crippen LogP contribution in [0.3, 0.4) is 0 Å². The molecule has 4 rings (SSSR count). The number of methoxy groups -OCH3 is 1. The topological polar surface area (TPSA) is 45.1 Å². The summed E-state index contributed by atoms with van der Waals surface area (Å²) in [5.41, 5.74) is 4.36. The van der Waals surface area contributed by atoms with Gasteiger partial charge in [0.15, 0.2) is 5.17 Å². The first-order valence-corrected chi connectivity index (χ1v) is 13.0. The van der Waals surface area contributed by atoms with Crippen molar-refractivity contribution in [2.45, 2.75) is 31.3 Å². The number of ether oxygens (including phenoxy) is 1. The lowest BCUT2D eigenvalue weighted by Gasteiger charge is -2.26. The van der Waals surface area contributed by atoms with Crippen LogP contribution in [0.15, 0.2) is 107 Å². The minimum atomic E-state index is -0.241. The molecule has 4 aromatic rings. The molecule has 0 amide bonds. The van der Waals surface area contributed by atoms with E-state index in [0.29, 0.717) is 19.6 Å². The van der Waals surface area contributed by atoms with Crippen LogP contribution in [0.5, 0.6) is 11.5 Å². The van der Waals surface area contributed by atoms with Crippen LogP contribution in [-0.4, -0.2) is 28.8 Å². The summed E-state index contributed by atoms with van der Waals surface area (Å²) >= 11 is 1.58. The normalized spacial score (nSPS) is 11.4. The minimum Gasteiger partial charge on any atom is -0.508 e. The van der Waals surface area contributed by atoms with Crippen LogP contribution in [0, 0.1) is 12.7 Å². The summed E-state index contributed by atoms with van der Waals surface area (Å²) in [7, 11) is 1.66. The van der Waals surface area contributed by atoms with E-state index >= 15 is 0 Å². The van der Waals surface area contributed by atoms with Gasteiger partial charge in [0, 0.05) is 18.0 Å². The van der Waals surface area contributed by atoms with Crippen LogP contribution in [-0.2, 0) is 19.5 Å². The van der Waals surface area contributed by atoms with Crippen molar-refractivity contribution in [1.29, 1.82) is 0 Å². The van der Waals surface area contributed by atoms with Gasteiger partial charge in [-0.25, -0.2) is 4.39 Å². The Morgan fingerprint density at radius 1 is 0.892 bits per heavy atom. The molecule has 4 aromatic carbocycles. The monoisotopic (exact) mass is 514 g/mol. The van der Waals surface area contributed by atoms with Gasteiger partial charge in [-0.2, -0.15) is 0 Å². The van der Waals surface area contributed by atoms with Gasteiger partial charge in [0.2, 0.25) is 0 Å². The van der Waals surface area contributed by atoms with Crippen LogP contribution in [0.2, 0.25) is 0 Å². The van der Waals surface area contributed by atoms with Crippen molar-refractivity contribution in [2.24, 2.45) is 4.99 Å². The first kappa shape index (κ1) is 26.3. The molecule has 190 valence electrons. The van der Waals surface area contributed by atoms with E-state index in [2.05, 4.69) is 30.0 Å². The van der Waals surface area contributed by atoms with Gasteiger partial charge < -0.3 is 14.7 Å². The summed E-state index contributed by atoms with van der Waals surface area (Å²) in [6.45, 7) is 3.86. The standard InChI is InChI=1S/C31H31FN2O2S/c1-23-6-3-7-25(18-23)21-33-31(37-30-11-5-10-29(20-30)36-2)34(22-26-8-4-9-28(35)19-26)17-16-24-12-14-27(32)15-13-24/h3-15,18-20,35H,16-17,21-22H2,1-2H3. The first-order chi connectivity index (χ1) is 18.0. The van der Waals surface area contributed by atoms with Crippen molar-refractivity contribution in [1.82, 2.24) is 4.90 Å². The molecule has 0 heterocycles. The number of hydrogen-bond acceptors (Lipinski definition) is 4. The van der Waals surface area contributed by atoms with Crippen molar-refractivity contribution in [3.63, 3.8) is 0 Å². The molecular formula is C31H31FN2O2S. The number of benzene rings is 4. The molecule has 0 saturated heterocycles. The highest BCUT2D eigenvalue weighted by atomic mass is 32.2. The smallest absolute Gasteiger partial charge is 0.164 e. The summed E-state index contributed by atoms with van der Waals surface area (Å²) in [5, 5.41) is 10.9. The summed E-state index contributed by atoms with van der Waals surface area (Å²) < 4.78 is 18.9. The van der Waals surface area contributed by atoms with Crippen LogP contribution in [0.1, 0.15) is 22.3 Å². The Kier molecular flexibility index (Phi) is 9.22. The molecule has 0 radical (unpaired) electrons. The van der Waals surface area contributed by atoms with Crippen LogP contribution in [0.4, 0.5) is 4.39 Å². The number of hydrogen-bond donors (Lipinski definition) is 1. The number of phenolic OH excluding ortho intramolecular Hbond substituents is 1. The maximum atomic E-state index is 13.5. The Labute approximate surface area is 222 Å². The second kappa shape index (κ2) is 13.0. The van der Waals surface area contributed by atoms with Crippen molar-refractivity contribution in [3.05, 3.63) is 125 Å². The van der Waals surface area contributed by atoms with Gasteiger partial charge in [0.05, 0.1) is 13.7 Å². The maximum absolute atomic E-state index is 13.5. The van der Waals surface area contributed by atoms with Gasteiger partial charge in [-0.1, -0.05) is 71.9 Å². The third-order valence-electron chi connectivity index (χ3n) is 5.87. The number of rotatable bonds is 9. The number of phenols is 1. The van der Waals surface area contributed by atoms with E-state index < -0.39 is 0 Å². The zero-order valence-corrected chi connectivity index (χ0v) is 21.9. The Morgan fingerprint density at radius 3 is 2.41 bits per heavy atom. The van der Waals surface area contributed by atoms with E-state index in [1.54, 1.807) is 31.0 Å². The SMILES string of the molecule is COc1cccc(SC(=NCc2cccc(C)c2)N(CCc2ccc(F)cc2)Cc2cccc(O)c2)c1. The molecule has 0 aliphatic heterocycles. The highest BCUT2D eigenvalue weighted by Gasteiger charge is 2.16. The molecule has 0 aromatic heterocycles. The van der Waals surface area contributed by atoms with E-state index in [-0.39, 0.29) is 11.6 Å². The lowest BCUT2D eigenvalue weighted by molar-refractivity contribution is 0.413. The van der Waals surface area contributed by atoms with Crippen LogP contribution in [0.25, 0.3) is 0 Å². The molecule has 0 saturated carbocycles. The van der Waals surface area contributed by atoms with Gasteiger partial charge >= 0.3 is 0 Å². The average Bonchev–Trinajstić information content (AvgIpc) is 2.90. The van der Waals surface area contributed by atoms with Crippen molar-refractivity contribution < 1.29 is 14.2 Å². The number of amidine groups is 1. The fraction of sp³-hybridized carbons (Fsp3) is 0.194. The Balaban J connectivity index is 1.67. The third-order valence-corrected chi connectivity index (χ3v) is 6.93. The van der Waals surface area contributed by atoms with Gasteiger partial charge in [-0.05, 0) is 72.5 Å². The Hall–Kier alpha value is -3.77. The molecule has 0 aliphatic carbocycles. The molecule has 0 atom stereocenters. The second-order valence-corrected chi connectivity index (χ2v) is 9.88. The first-order valence-electron chi connectivity index (χ1n) is 12.2. The molecule has 0 unspecified atom stereocenters. The number of halogens is 1. The quantitative estimate of drug-likeness (QED) is 0.145. The van der Waals surface area contributed by atoms with E-state index in [1.165, 1.54) is 17.7 Å². The Bertz CT molecular complexity index is 1340. The molecule has 0 bridgehead atoms. The molecule has 37 heavy (non-hydrogen) atoms. The highest BCUT2D eigenvalue weighted by molar-refractivity contribution is 8.13. The van der Waals surface area contributed by atoms with Gasteiger partial charge in [-0.3, -0.25) is 4.99 Å². The van der Waals surface area contributed by atoms with E-state index in [9.17, 15) is 9.50 Å². The number of aliphatic imine (C=N–C) groups is 1. The summed E-state index contributed by atoms with van der Waals surface area (Å²) in [5.74, 6) is 0.776. The minimum absolute atomic E-state index is 0.231.